The van der Waals surface area contributed by atoms with Crippen molar-refractivity contribution in [3.63, 3.8) is 0 Å². The lowest BCUT2D eigenvalue weighted by Gasteiger charge is -2.41. The van der Waals surface area contributed by atoms with Crippen LogP contribution in [-0.4, -0.2) is 11.0 Å². The first-order valence-electron chi connectivity index (χ1n) is 8.40. The summed E-state index contributed by atoms with van der Waals surface area (Å²) in [5.74, 6) is 2.71. The second kappa shape index (κ2) is 6.26. The van der Waals surface area contributed by atoms with Crippen LogP contribution in [0, 0.1) is 24.7 Å². The number of hydrogen-bond acceptors (Lipinski definition) is 2. The van der Waals surface area contributed by atoms with Crippen LogP contribution in [0.2, 0.25) is 0 Å². The Morgan fingerprint density at radius 3 is 2.80 bits per heavy atom. The second-order valence-corrected chi connectivity index (χ2v) is 7.01. The number of nitrogens with zero attached hydrogens (tertiary/aromatic N) is 1. The predicted molar refractivity (Wildman–Crippen MR) is 83.4 cm³/mol. The molecule has 1 aromatic heterocycles. The van der Waals surface area contributed by atoms with E-state index in [9.17, 15) is 0 Å². The van der Waals surface area contributed by atoms with Gasteiger partial charge in [-0.3, -0.25) is 4.98 Å². The van der Waals surface area contributed by atoms with Gasteiger partial charge in [0.05, 0.1) is 0 Å². The molecule has 2 aliphatic rings. The van der Waals surface area contributed by atoms with E-state index in [1.807, 2.05) is 12.3 Å². The van der Waals surface area contributed by atoms with Gasteiger partial charge in [0.15, 0.2) is 0 Å². The largest absolute Gasteiger partial charge is 0.327 e. The van der Waals surface area contributed by atoms with Crippen LogP contribution in [0.3, 0.4) is 0 Å². The third kappa shape index (κ3) is 3.06. The van der Waals surface area contributed by atoms with Gasteiger partial charge in [-0.25, -0.2) is 0 Å². The average molecular weight is 272 g/mol. The van der Waals surface area contributed by atoms with E-state index in [1.165, 1.54) is 56.2 Å². The summed E-state index contributed by atoms with van der Waals surface area (Å²) >= 11 is 0. The lowest BCUT2D eigenvalue weighted by molar-refractivity contribution is 0.117. The van der Waals surface area contributed by atoms with Crippen LogP contribution in [0.5, 0.6) is 0 Å². The molecule has 0 radical (unpaired) electrons. The predicted octanol–water partition coefficient (Wildman–Crippen LogP) is 3.87. The number of hydrogen-bond donors (Lipinski definition) is 1. The van der Waals surface area contributed by atoms with Gasteiger partial charge >= 0.3 is 0 Å². The highest BCUT2D eigenvalue weighted by Crippen LogP contribution is 2.43. The summed E-state index contributed by atoms with van der Waals surface area (Å²) in [6.45, 7) is 2.15. The molecule has 2 N–H and O–H groups in total. The third-order valence-corrected chi connectivity index (χ3v) is 5.73. The van der Waals surface area contributed by atoms with Crippen LogP contribution in [0.4, 0.5) is 0 Å². The minimum Gasteiger partial charge on any atom is -0.327 e. The first kappa shape index (κ1) is 14.1. The SMILES string of the molecule is Cc1cccnc1CC(N)C1CCC2CCCCC2C1. The molecule has 2 nitrogen and oxygen atoms in total. The first-order valence-corrected chi connectivity index (χ1v) is 8.40. The van der Waals surface area contributed by atoms with Crippen molar-refractivity contribution in [1.29, 1.82) is 0 Å². The summed E-state index contributed by atoms with van der Waals surface area (Å²) in [6, 6.07) is 4.46. The molecule has 2 aliphatic carbocycles. The Bertz CT molecular complexity index is 443. The number of aromatic nitrogens is 1. The zero-order valence-corrected chi connectivity index (χ0v) is 12.7. The quantitative estimate of drug-likeness (QED) is 0.907. The Labute approximate surface area is 123 Å². The zero-order chi connectivity index (χ0) is 13.9. The van der Waals surface area contributed by atoms with Crippen LogP contribution >= 0.6 is 0 Å². The van der Waals surface area contributed by atoms with E-state index in [2.05, 4.69) is 18.0 Å². The molecule has 4 unspecified atom stereocenters. The molecular formula is C18H28N2. The van der Waals surface area contributed by atoms with Crippen LogP contribution in [0.25, 0.3) is 0 Å². The highest BCUT2D eigenvalue weighted by Gasteiger charge is 2.34. The molecule has 110 valence electrons. The number of aryl methyl sites for hydroxylation is 1. The maximum atomic E-state index is 6.53. The number of nitrogens with two attached hydrogens (primary N) is 1. The summed E-state index contributed by atoms with van der Waals surface area (Å²) in [5.41, 5.74) is 9.02. The molecule has 3 rings (SSSR count). The smallest absolute Gasteiger partial charge is 0.0448 e. The van der Waals surface area contributed by atoms with Crippen LogP contribution < -0.4 is 5.73 Å². The molecule has 2 fully saturated rings. The Hall–Kier alpha value is -0.890. The lowest BCUT2D eigenvalue weighted by atomic mass is 9.66. The fourth-order valence-electron chi connectivity index (χ4n) is 4.42. The highest BCUT2D eigenvalue weighted by molar-refractivity contribution is 5.18. The van der Waals surface area contributed by atoms with Crippen LogP contribution in [-0.2, 0) is 6.42 Å². The molecule has 0 aliphatic heterocycles. The van der Waals surface area contributed by atoms with E-state index in [0.717, 1.165) is 24.2 Å². The molecule has 1 heterocycles. The molecule has 4 atom stereocenters. The van der Waals surface area contributed by atoms with Gasteiger partial charge < -0.3 is 5.73 Å². The molecule has 2 heteroatoms. The third-order valence-electron chi connectivity index (χ3n) is 5.73. The van der Waals surface area contributed by atoms with Crippen molar-refractivity contribution >= 4 is 0 Å². The van der Waals surface area contributed by atoms with E-state index in [0.29, 0.717) is 6.04 Å². The van der Waals surface area contributed by atoms with E-state index >= 15 is 0 Å². The Balaban J connectivity index is 1.60. The monoisotopic (exact) mass is 272 g/mol. The summed E-state index contributed by atoms with van der Waals surface area (Å²) in [6.07, 6.45) is 12.8. The topological polar surface area (TPSA) is 38.9 Å². The highest BCUT2D eigenvalue weighted by atomic mass is 14.7. The molecule has 20 heavy (non-hydrogen) atoms. The van der Waals surface area contributed by atoms with E-state index in [-0.39, 0.29) is 0 Å². The van der Waals surface area contributed by atoms with E-state index in [1.54, 1.807) is 0 Å². The molecular weight excluding hydrogens is 244 g/mol. The number of rotatable bonds is 3. The number of fused-ring (bicyclic) bond motifs is 1. The summed E-state index contributed by atoms with van der Waals surface area (Å²) in [4.78, 5) is 4.51. The second-order valence-electron chi connectivity index (χ2n) is 7.01. The lowest BCUT2D eigenvalue weighted by Crippen LogP contribution is -2.39. The average Bonchev–Trinajstić information content (AvgIpc) is 2.49. The van der Waals surface area contributed by atoms with Crippen molar-refractivity contribution in [3.05, 3.63) is 29.6 Å². The molecule has 1 aromatic rings. The molecule has 2 saturated carbocycles. The van der Waals surface area contributed by atoms with Gasteiger partial charge in [-0.05, 0) is 55.6 Å². The van der Waals surface area contributed by atoms with Crippen molar-refractivity contribution in [3.8, 4) is 0 Å². The van der Waals surface area contributed by atoms with Crippen molar-refractivity contribution in [2.24, 2.45) is 23.5 Å². The van der Waals surface area contributed by atoms with Gasteiger partial charge in [0, 0.05) is 24.4 Å². The summed E-state index contributed by atoms with van der Waals surface area (Å²) in [5, 5.41) is 0. The van der Waals surface area contributed by atoms with E-state index < -0.39 is 0 Å². The molecule has 0 aromatic carbocycles. The fourth-order valence-corrected chi connectivity index (χ4v) is 4.42. The molecule has 0 bridgehead atoms. The minimum atomic E-state index is 0.298. The van der Waals surface area contributed by atoms with Gasteiger partial charge in [-0.15, -0.1) is 0 Å². The normalized spacial score (nSPS) is 31.6. The standard InChI is InChI=1S/C18H28N2/c1-13-5-4-10-20-18(13)12-17(19)16-9-8-14-6-2-3-7-15(14)11-16/h4-5,10,14-17H,2-3,6-9,11-12,19H2,1H3. The summed E-state index contributed by atoms with van der Waals surface area (Å²) in [7, 11) is 0. The Morgan fingerprint density at radius 1 is 1.20 bits per heavy atom. The van der Waals surface area contributed by atoms with Gasteiger partial charge in [-0.2, -0.15) is 0 Å². The van der Waals surface area contributed by atoms with Crippen molar-refractivity contribution in [2.75, 3.05) is 0 Å². The maximum Gasteiger partial charge on any atom is 0.0448 e. The van der Waals surface area contributed by atoms with Gasteiger partial charge in [-0.1, -0.05) is 31.7 Å². The molecule has 0 saturated heterocycles. The fraction of sp³-hybridized carbons (Fsp3) is 0.722. The van der Waals surface area contributed by atoms with E-state index in [4.69, 9.17) is 5.73 Å². The molecule has 0 amide bonds. The minimum absolute atomic E-state index is 0.298. The van der Waals surface area contributed by atoms with Crippen LogP contribution in [0.1, 0.15) is 56.2 Å². The van der Waals surface area contributed by atoms with Gasteiger partial charge in [0.1, 0.15) is 0 Å². The Morgan fingerprint density at radius 2 is 2.00 bits per heavy atom. The first-order chi connectivity index (χ1) is 9.74. The van der Waals surface area contributed by atoms with Gasteiger partial charge in [0.2, 0.25) is 0 Å². The van der Waals surface area contributed by atoms with Crippen LogP contribution in [0.15, 0.2) is 18.3 Å². The van der Waals surface area contributed by atoms with Crippen molar-refractivity contribution < 1.29 is 0 Å². The van der Waals surface area contributed by atoms with Crippen molar-refractivity contribution in [1.82, 2.24) is 4.98 Å². The Kier molecular flexibility index (Phi) is 4.40. The molecule has 0 spiro atoms. The zero-order valence-electron chi connectivity index (χ0n) is 12.7. The summed E-state index contributed by atoms with van der Waals surface area (Å²) < 4.78 is 0. The maximum absolute atomic E-state index is 6.53. The van der Waals surface area contributed by atoms with Crippen molar-refractivity contribution in [2.45, 2.75) is 64.3 Å². The number of pyridine rings is 1. The van der Waals surface area contributed by atoms with Gasteiger partial charge in [0.25, 0.3) is 0 Å².